The summed E-state index contributed by atoms with van der Waals surface area (Å²) in [4.78, 5) is 6.85. The SMILES string of the molecule is CN(CCOCc1ccc(CNC2CC2)cn1)C1CC1. The minimum atomic E-state index is 0.620. The molecule has 110 valence electrons. The Morgan fingerprint density at radius 3 is 2.80 bits per heavy atom. The lowest BCUT2D eigenvalue weighted by Crippen LogP contribution is -2.25. The van der Waals surface area contributed by atoms with Gasteiger partial charge in [0.1, 0.15) is 0 Å². The third kappa shape index (κ3) is 4.54. The Kier molecular flexibility index (Phi) is 4.65. The normalized spacial score (nSPS) is 18.7. The molecule has 1 N–H and O–H groups in total. The predicted octanol–water partition coefficient (Wildman–Crippen LogP) is 1.94. The van der Waals surface area contributed by atoms with Gasteiger partial charge in [-0.15, -0.1) is 0 Å². The summed E-state index contributed by atoms with van der Waals surface area (Å²) in [5.74, 6) is 0. The molecule has 20 heavy (non-hydrogen) atoms. The van der Waals surface area contributed by atoms with Crippen LogP contribution in [0, 0.1) is 0 Å². The van der Waals surface area contributed by atoms with Gasteiger partial charge in [0.15, 0.2) is 0 Å². The van der Waals surface area contributed by atoms with Crippen molar-refractivity contribution in [1.82, 2.24) is 15.2 Å². The predicted molar refractivity (Wildman–Crippen MR) is 79.4 cm³/mol. The second-order valence-electron chi connectivity index (χ2n) is 6.08. The van der Waals surface area contributed by atoms with E-state index in [1.54, 1.807) is 0 Å². The first kappa shape index (κ1) is 14.0. The monoisotopic (exact) mass is 275 g/mol. The molecule has 1 heterocycles. The molecule has 2 saturated carbocycles. The van der Waals surface area contributed by atoms with Gasteiger partial charge in [0.25, 0.3) is 0 Å². The highest BCUT2D eigenvalue weighted by Crippen LogP contribution is 2.24. The average Bonchev–Trinajstić information content (AvgIpc) is 3.35. The van der Waals surface area contributed by atoms with Crippen LogP contribution in [0.5, 0.6) is 0 Å². The van der Waals surface area contributed by atoms with Crippen molar-refractivity contribution in [3.05, 3.63) is 29.6 Å². The van der Waals surface area contributed by atoms with Crippen LogP contribution in [0.2, 0.25) is 0 Å². The highest BCUT2D eigenvalue weighted by atomic mass is 16.5. The van der Waals surface area contributed by atoms with Crippen molar-refractivity contribution in [2.24, 2.45) is 0 Å². The topological polar surface area (TPSA) is 37.4 Å². The molecule has 0 aliphatic heterocycles. The molecule has 0 amide bonds. The number of ether oxygens (including phenoxy) is 1. The number of aromatic nitrogens is 1. The van der Waals surface area contributed by atoms with Crippen LogP contribution in [0.15, 0.2) is 18.3 Å². The molecular formula is C16H25N3O. The van der Waals surface area contributed by atoms with E-state index in [0.29, 0.717) is 6.61 Å². The number of rotatable bonds is 9. The van der Waals surface area contributed by atoms with Gasteiger partial charge in [-0.3, -0.25) is 4.98 Å². The first-order valence-corrected chi connectivity index (χ1v) is 7.76. The molecule has 0 atom stereocenters. The van der Waals surface area contributed by atoms with Crippen molar-refractivity contribution < 1.29 is 4.74 Å². The van der Waals surface area contributed by atoms with Crippen molar-refractivity contribution in [3.8, 4) is 0 Å². The second kappa shape index (κ2) is 6.66. The number of nitrogens with one attached hydrogen (secondary N) is 1. The highest BCUT2D eigenvalue weighted by Gasteiger charge is 2.25. The Labute approximate surface area is 121 Å². The number of nitrogens with zero attached hydrogens (tertiary/aromatic N) is 2. The Balaban J connectivity index is 1.32. The van der Waals surface area contributed by atoms with Crippen LogP contribution >= 0.6 is 0 Å². The Morgan fingerprint density at radius 2 is 2.15 bits per heavy atom. The molecule has 0 spiro atoms. The zero-order valence-corrected chi connectivity index (χ0v) is 12.3. The van der Waals surface area contributed by atoms with Gasteiger partial charge in [-0.2, -0.15) is 0 Å². The number of hydrogen-bond acceptors (Lipinski definition) is 4. The van der Waals surface area contributed by atoms with Crippen molar-refractivity contribution in [3.63, 3.8) is 0 Å². The van der Waals surface area contributed by atoms with Crippen LogP contribution in [-0.2, 0) is 17.9 Å². The van der Waals surface area contributed by atoms with E-state index < -0.39 is 0 Å². The quantitative estimate of drug-likeness (QED) is 0.699. The maximum Gasteiger partial charge on any atom is 0.0888 e. The Hall–Kier alpha value is -0.970. The van der Waals surface area contributed by atoms with Crippen molar-refractivity contribution in [1.29, 1.82) is 0 Å². The zero-order valence-electron chi connectivity index (χ0n) is 12.3. The lowest BCUT2D eigenvalue weighted by atomic mass is 10.2. The van der Waals surface area contributed by atoms with Gasteiger partial charge in [0.2, 0.25) is 0 Å². The van der Waals surface area contributed by atoms with Gasteiger partial charge in [0.05, 0.1) is 18.9 Å². The number of pyridine rings is 1. The number of likely N-dealkylation sites (N-methyl/N-ethyl adjacent to an activating group) is 1. The van der Waals surface area contributed by atoms with E-state index in [4.69, 9.17) is 4.74 Å². The maximum atomic E-state index is 5.70. The molecule has 1 aromatic rings. The van der Waals surface area contributed by atoms with Crippen molar-refractivity contribution in [2.45, 2.75) is 50.9 Å². The second-order valence-corrected chi connectivity index (χ2v) is 6.08. The number of hydrogen-bond donors (Lipinski definition) is 1. The molecular weight excluding hydrogens is 250 g/mol. The highest BCUT2D eigenvalue weighted by molar-refractivity contribution is 5.13. The van der Waals surface area contributed by atoms with Gasteiger partial charge in [-0.1, -0.05) is 6.07 Å². The van der Waals surface area contributed by atoms with Crippen LogP contribution in [-0.4, -0.2) is 42.2 Å². The van der Waals surface area contributed by atoms with Crippen LogP contribution in [0.3, 0.4) is 0 Å². The summed E-state index contributed by atoms with van der Waals surface area (Å²) in [6.07, 6.45) is 7.33. The van der Waals surface area contributed by atoms with E-state index in [0.717, 1.165) is 37.5 Å². The molecule has 0 unspecified atom stereocenters. The summed E-state index contributed by atoms with van der Waals surface area (Å²) >= 11 is 0. The minimum absolute atomic E-state index is 0.620. The van der Waals surface area contributed by atoms with Gasteiger partial charge in [-0.05, 0) is 44.4 Å². The van der Waals surface area contributed by atoms with Crippen molar-refractivity contribution >= 4 is 0 Å². The maximum absolute atomic E-state index is 5.70. The summed E-state index contributed by atoms with van der Waals surface area (Å²) < 4.78 is 5.70. The molecule has 2 aliphatic carbocycles. The Morgan fingerprint density at radius 1 is 1.30 bits per heavy atom. The molecule has 4 heteroatoms. The third-order valence-corrected chi connectivity index (χ3v) is 4.07. The largest absolute Gasteiger partial charge is 0.374 e. The van der Waals surface area contributed by atoms with Crippen LogP contribution in [0.1, 0.15) is 36.9 Å². The molecule has 0 aromatic carbocycles. The van der Waals surface area contributed by atoms with Crippen LogP contribution < -0.4 is 5.32 Å². The average molecular weight is 275 g/mol. The summed E-state index contributed by atoms with van der Waals surface area (Å²) in [6, 6.07) is 5.79. The third-order valence-electron chi connectivity index (χ3n) is 4.07. The van der Waals surface area contributed by atoms with E-state index in [-0.39, 0.29) is 0 Å². The van der Waals surface area contributed by atoms with Gasteiger partial charge in [-0.25, -0.2) is 0 Å². The van der Waals surface area contributed by atoms with Gasteiger partial charge in [0, 0.05) is 31.4 Å². The molecule has 2 aliphatic rings. The first-order valence-electron chi connectivity index (χ1n) is 7.76. The van der Waals surface area contributed by atoms with Gasteiger partial charge >= 0.3 is 0 Å². The van der Waals surface area contributed by atoms with E-state index in [9.17, 15) is 0 Å². The van der Waals surface area contributed by atoms with Crippen LogP contribution in [0.4, 0.5) is 0 Å². The molecule has 0 radical (unpaired) electrons. The fraction of sp³-hybridized carbons (Fsp3) is 0.688. The lowest BCUT2D eigenvalue weighted by Gasteiger charge is -2.15. The smallest absolute Gasteiger partial charge is 0.0888 e. The van der Waals surface area contributed by atoms with Gasteiger partial charge < -0.3 is 15.0 Å². The zero-order chi connectivity index (χ0) is 13.8. The lowest BCUT2D eigenvalue weighted by molar-refractivity contribution is 0.0957. The van der Waals surface area contributed by atoms with E-state index in [1.165, 1.54) is 31.2 Å². The van der Waals surface area contributed by atoms with E-state index in [2.05, 4.69) is 34.4 Å². The fourth-order valence-corrected chi connectivity index (χ4v) is 2.28. The standard InChI is InChI=1S/C16H25N3O/c1-19(16-6-7-16)8-9-20-12-15-3-2-13(11-18-15)10-17-14-4-5-14/h2-3,11,14,16-17H,4-10,12H2,1H3. The summed E-state index contributed by atoms with van der Waals surface area (Å²) in [7, 11) is 2.18. The molecule has 1 aromatic heterocycles. The van der Waals surface area contributed by atoms with E-state index >= 15 is 0 Å². The fourth-order valence-electron chi connectivity index (χ4n) is 2.28. The van der Waals surface area contributed by atoms with Crippen molar-refractivity contribution in [2.75, 3.05) is 20.2 Å². The molecule has 3 rings (SSSR count). The molecule has 4 nitrogen and oxygen atoms in total. The first-order chi connectivity index (χ1) is 9.81. The van der Waals surface area contributed by atoms with E-state index in [1.807, 2.05) is 6.20 Å². The minimum Gasteiger partial charge on any atom is -0.374 e. The summed E-state index contributed by atoms with van der Waals surface area (Å²) in [5, 5.41) is 3.50. The molecule has 0 saturated heterocycles. The summed E-state index contributed by atoms with van der Waals surface area (Å²) in [6.45, 7) is 3.37. The van der Waals surface area contributed by atoms with Crippen LogP contribution in [0.25, 0.3) is 0 Å². The molecule has 2 fully saturated rings. The molecule has 0 bridgehead atoms. The Bertz CT molecular complexity index is 412. The summed E-state index contributed by atoms with van der Waals surface area (Å²) in [5.41, 5.74) is 2.28.